The number of hydrogen-bond acceptors (Lipinski definition) is 5. The van der Waals surface area contributed by atoms with Crippen LogP contribution in [0, 0.1) is 0 Å². The van der Waals surface area contributed by atoms with Gasteiger partial charge in [-0.1, -0.05) is 33.3 Å². The first-order chi connectivity index (χ1) is 11.1. The SMILES string of the molecule is NC(=O)OCCc1ccc(NC(=O)Cn2cc(CBr)nn2)cc1. The predicted molar refractivity (Wildman–Crippen MR) is 87.0 cm³/mol. The number of benzene rings is 1. The smallest absolute Gasteiger partial charge is 0.404 e. The molecule has 2 aromatic rings. The molecule has 0 saturated heterocycles. The van der Waals surface area contributed by atoms with E-state index in [-0.39, 0.29) is 19.1 Å². The molecule has 8 nitrogen and oxygen atoms in total. The van der Waals surface area contributed by atoms with Gasteiger partial charge in [-0.15, -0.1) is 5.10 Å². The van der Waals surface area contributed by atoms with Crippen LogP contribution in [0.1, 0.15) is 11.3 Å². The van der Waals surface area contributed by atoms with Crippen molar-refractivity contribution in [2.24, 2.45) is 5.73 Å². The van der Waals surface area contributed by atoms with Gasteiger partial charge in [-0.3, -0.25) is 4.79 Å². The van der Waals surface area contributed by atoms with Gasteiger partial charge in [0.05, 0.1) is 12.3 Å². The number of rotatable bonds is 7. The summed E-state index contributed by atoms with van der Waals surface area (Å²) < 4.78 is 6.14. The first-order valence-corrected chi connectivity index (χ1v) is 7.95. The number of hydrogen-bond donors (Lipinski definition) is 2. The molecule has 0 aliphatic heterocycles. The molecular formula is C14H16BrN5O3. The van der Waals surface area contributed by atoms with E-state index in [1.54, 1.807) is 18.3 Å². The number of aromatic nitrogens is 3. The highest BCUT2D eigenvalue weighted by Gasteiger charge is 2.06. The Morgan fingerprint density at radius 3 is 2.65 bits per heavy atom. The summed E-state index contributed by atoms with van der Waals surface area (Å²) in [5, 5.41) is 11.1. The minimum Gasteiger partial charge on any atom is -0.449 e. The molecule has 2 amide bonds. The number of amides is 2. The summed E-state index contributed by atoms with van der Waals surface area (Å²) in [5.41, 5.74) is 7.30. The summed E-state index contributed by atoms with van der Waals surface area (Å²) in [5.74, 6) is -0.194. The Bertz CT molecular complexity index is 671. The summed E-state index contributed by atoms with van der Waals surface area (Å²) in [4.78, 5) is 22.4. The molecule has 0 saturated carbocycles. The zero-order chi connectivity index (χ0) is 16.7. The van der Waals surface area contributed by atoms with Gasteiger partial charge in [0.1, 0.15) is 6.54 Å². The van der Waals surface area contributed by atoms with Gasteiger partial charge in [0.15, 0.2) is 0 Å². The largest absolute Gasteiger partial charge is 0.449 e. The van der Waals surface area contributed by atoms with Crippen molar-refractivity contribution in [3.63, 3.8) is 0 Å². The quantitative estimate of drug-likeness (QED) is 0.704. The summed E-state index contributed by atoms with van der Waals surface area (Å²) in [6.07, 6.45) is 1.48. The molecule has 1 aromatic carbocycles. The van der Waals surface area contributed by atoms with Crippen molar-refractivity contribution in [2.75, 3.05) is 11.9 Å². The highest BCUT2D eigenvalue weighted by molar-refractivity contribution is 9.08. The lowest BCUT2D eigenvalue weighted by atomic mass is 10.1. The number of alkyl halides is 1. The van der Waals surface area contributed by atoms with Gasteiger partial charge in [-0.2, -0.15) is 0 Å². The third kappa shape index (κ3) is 5.70. The Hall–Kier alpha value is -2.42. The fourth-order valence-corrected chi connectivity index (χ4v) is 2.11. The van der Waals surface area contributed by atoms with Crippen LogP contribution in [0.3, 0.4) is 0 Å². The van der Waals surface area contributed by atoms with Crippen molar-refractivity contribution in [1.82, 2.24) is 15.0 Å². The number of halogens is 1. The molecule has 9 heteroatoms. The van der Waals surface area contributed by atoms with E-state index in [1.165, 1.54) is 4.68 Å². The average Bonchev–Trinajstić information content (AvgIpc) is 2.96. The van der Waals surface area contributed by atoms with E-state index < -0.39 is 6.09 Å². The zero-order valence-electron chi connectivity index (χ0n) is 12.2. The molecule has 1 aromatic heterocycles. The summed E-state index contributed by atoms with van der Waals surface area (Å²) in [7, 11) is 0. The van der Waals surface area contributed by atoms with E-state index in [9.17, 15) is 9.59 Å². The van der Waals surface area contributed by atoms with E-state index >= 15 is 0 Å². The molecule has 0 aliphatic carbocycles. The Balaban J connectivity index is 1.82. The number of nitrogens with zero attached hydrogens (tertiary/aromatic N) is 3. The molecule has 1 heterocycles. The Morgan fingerprint density at radius 2 is 2.04 bits per heavy atom. The maximum Gasteiger partial charge on any atom is 0.404 e. The van der Waals surface area contributed by atoms with E-state index in [4.69, 9.17) is 5.73 Å². The van der Waals surface area contributed by atoms with E-state index in [0.717, 1.165) is 11.3 Å². The minimum absolute atomic E-state index is 0.0915. The molecule has 0 unspecified atom stereocenters. The maximum atomic E-state index is 11.9. The molecule has 23 heavy (non-hydrogen) atoms. The van der Waals surface area contributed by atoms with Crippen LogP contribution in [0.25, 0.3) is 0 Å². The third-order valence-corrected chi connectivity index (χ3v) is 3.48. The number of carbonyl (C=O) groups is 2. The summed E-state index contributed by atoms with van der Waals surface area (Å²) in [6, 6.07) is 7.25. The lowest BCUT2D eigenvalue weighted by Gasteiger charge is -2.07. The van der Waals surface area contributed by atoms with Crippen LogP contribution < -0.4 is 11.1 Å². The van der Waals surface area contributed by atoms with Crippen LogP contribution in [0.2, 0.25) is 0 Å². The van der Waals surface area contributed by atoms with Crippen molar-refractivity contribution in [3.05, 3.63) is 41.7 Å². The molecular weight excluding hydrogens is 366 g/mol. The molecule has 0 atom stereocenters. The van der Waals surface area contributed by atoms with Gasteiger partial charge >= 0.3 is 6.09 Å². The standard InChI is InChI=1S/C14H16BrN5O3/c15-7-12-8-20(19-18-12)9-13(21)17-11-3-1-10(2-4-11)5-6-23-14(16)22/h1-4,8H,5-7,9H2,(H2,16,22)(H,17,21). The van der Waals surface area contributed by atoms with Crippen molar-refractivity contribution in [3.8, 4) is 0 Å². The topological polar surface area (TPSA) is 112 Å². The van der Waals surface area contributed by atoms with Crippen molar-refractivity contribution < 1.29 is 14.3 Å². The molecule has 3 N–H and O–H groups in total. The second-order valence-corrected chi connectivity index (χ2v) is 5.26. The Labute approximate surface area is 141 Å². The van der Waals surface area contributed by atoms with Crippen LogP contribution in [0.15, 0.2) is 30.5 Å². The lowest BCUT2D eigenvalue weighted by Crippen LogP contribution is -2.19. The number of anilines is 1. The molecule has 0 fully saturated rings. The summed E-state index contributed by atoms with van der Waals surface area (Å²) in [6.45, 7) is 0.317. The molecule has 2 rings (SSSR count). The Morgan fingerprint density at radius 1 is 1.30 bits per heavy atom. The van der Waals surface area contributed by atoms with E-state index in [1.807, 2.05) is 12.1 Å². The third-order valence-electron chi connectivity index (χ3n) is 2.90. The van der Waals surface area contributed by atoms with Crippen LogP contribution in [0.5, 0.6) is 0 Å². The highest BCUT2D eigenvalue weighted by atomic mass is 79.9. The fourth-order valence-electron chi connectivity index (χ4n) is 1.85. The number of nitrogens with one attached hydrogen (secondary N) is 1. The van der Waals surface area contributed by atoms with Crippen LogP contribution >= 0.6 is 15.9 Å². The molecule has 0 bridgehead atoms. The van der Waals surface area contributed by atoms with Gasteiger partial charge < -0.3 is 15.8 Å². The van der Waals surface area contributed by atoms with Gasteiger partial charge in [0.25, 0.3) is 0 Å². The first kappa shape index (κ1) is 16.9. The van der Waals surface area contributed by atoms with Crippen LogP contribution in [0.4, 0.5) is 10.5 Å². The first-order valence-electron chi connectivity index (χ1n) is 6.83. The normalized spacial score (nSPS) is 10.3. The zero-order valence-corrected chi connectivity index (χ0v) is 13.8. The molecule has 0 radical (unpaired) electrons. The molecule has 0 aliphatic rings. The summed E-state index contributed by atoms with van der Waals surface area (Å²) >= 11 is 3.27. The minimum atomic E-state index is -0.787. The van der Waals surface area contributed by atoms with Crippen LogP contribution in [-0.4, -0.2) is 33.6 Å². The maximum absolute atomic E-state index is 11.9. The van der Waals surface area contributed by atoms with Gasteiger partial charge in [0.2, 0.25) is 5.91 Å². The van der Waals surface area contributed by atoms with Crippen LogP contribution in [-0.2, 0) is 27.8 Å². The van der Waals surface area contributed by atoms with E-state index in [0.29, 0.717) is 17.4 Å². The highest BCUT2D eigenvalue weighted by Crippen LogP contribution is 2.10. The van der Waals surface area contributed by atoms with Crippen molar-refractivity contribution in [2.45, 2.75) is 18.3 Å². The molecule has 0 spiro atoms. The average molecular weight is 382 g/mol. The van der Waals surface area contributed by atoms with Crippen molar-refractivity contribution >= 4 is 33.6 Å². The van der Waals surface area contributed by atoms with Gasteiger partial charge in [0, 0.05) is 23.6 Å². The van der Waals surface area contributed by atoms with Crippen molar-refractivity contribution in [1.29, 1.82) is 0 Å². The monoisotopic (exact) mass is 381 g/mol. The van der Waals surface area contributed by atoms with E-state index in [2.05, 4.69) is 36.3 Å². The fraction of sp³-hybridized carbons (Fsp3) is 0.286. The van der Waals surface area contributed by atoms with Gasteiger partial charge in [-0.25, -0.2) is 9.48 Å². The second-order valence-electron chi connectivity index (χ2n) is 4.70. The number of carbonyl (C=O) groups excluding carboxylic acids is 2. The molecule has 122 valence electrons. The number of ether oxygens (including phenoxy) is 1. The number of primary amides is 1. The Kier molecular flexibility index (Phi) is 6.10. The predicted octanol–water partition coefficient (Wildman–Crippen LogP) is 1.45. The number of nitrogens with two attached hydrogens (primary N) is 1. The lowest BCUT2D eigenvalue weighted by molar-refractivity contribution is -0.116. The van der Waals surface area contributed by atoms with Gasteiger partial charge in [-0.05, 0) is 17.7 Å². The second kappa shape index (κ2) is 8.28.